The van der Waals surface area contributed by atoms with Gasteiger partial charge < -0.3 is 0 Å². The fourth-order valence-electron chi connectivity index (χ4n) is 18.2. The highest BCUT2D eigenvalue weighted by molar-refractivity contribution is 9.12. The molecule has 0 radical (unpaired) electrons. The molecule has 0 unspecified atom stereocenters. The van der Waals surface area contributed by atoms with Gasteiger partial charge in [-0.15, -0.1) is 0 Å². The molecule has 10 aromatic heterocycles. The Morgan fingerprint density at radius 1 is 0.127 bits per heavy atom. The smallest absolute Gasteiger partial charge is 0.0894 e. The van der Waals surface area contributed by atoms with Gasteiger partial charge in [0.2, 0.25) is 0 Å². The Morgan fingerprint density at radius 2 is 0.360 bits per heavy atom. The van der Waals surface area contributed by atoms with E-state index in [1.54, 1.807) is 31.0 Å². The minimum atomic E-state index is 0.860. The monoisotopic (exact) mass is 2570 g/mol. The van der Waals surface area contributed by atoms with Crippen molar-refractivity contribution in [2.45, 2.75) is 0 Å². The van der Waals surface area contributed by atoms with Gasteiger partial charge in [0, 0.05) is 131 Å². The number of fused-ring (bicyclic) bond motifs is 5. The predicted octanol–water partition coefficient (Wildman–Crippen LogP) is 40.8. The van der Waals surface area contributed by atoms with Crippen LogP contribution in [-0.4, -0.2) is 49.8 Å². The van der Waals surface area contributed by atoms with E-state index in [1.165, 1.54) is 43.1 Å². The third kappa shape index (κ3) is 23.3. The summed E-state index contributed by atoms with van der Waals surface area (Å²) in [6.45, 7) is 0. The molecule has 720 valence electrons. The average Bonchev–Trinajstić information content (AvgIpc) is 0.777. The Labute approximate surface area is 952 Å². The molecule has 25 aromatic rings. The molecule has 150 heavy (non-hydrogen) atoms. The highest BCUT2D eigenvalue weighted by Gasteiger charge is 2.23. The number of hydrogen-bond donors (Lipinski definition) is 0. The zero-order chi connectivity index (χ0) is 103. The quantitative estimate of drug-likeness (QED) is 0.0978. The van der Waals surface area contributed by atoms with Gasteiger partial charge in [0.15, 0.2) is 0 Å². The van der Waals surface area contributed by atoms with Crippen LogP contribution >= 0.6 is 159 Å². The third-order valence-electron chi connectivity index (χ3n) is 25.5. The van der Waals surface area contributed by atoms with E-state index in [0.717, 1.165) is 224 Å². The summed E-state index contributed by atoms with van der Waals surface area (Å²) in [4.78, 5) is 47.8. The molecule has 0 saturated carbocycles. The molecule has 15 aromatic carbocycles. The van der Waals surface area contributed by atoms with E-state index in [2.05, 4.69) is 494 Å². The number of aromatic nitrogens is 10. The molecule has 0 fully saturated rings. The lowest BCUT2D eigenvalue weighted by Gasteiger charge is -2.14. The molecule has 25 rings (SSSR count). The second-order valence-corrected chi connectivity index (χ2v) is 43.8. The predicted molar refractivity (Wildman–Crippen MR) is 656 cm³/mol. The molecule has 0 atom stereocenters. The minimum Gasteiger partial charge on any atom is -0.255 e. The van der Waals surface area contributed by atoms with E-state index >= 15 is 0 Å². The van der Waals surface area contributed by atoms with Gasteiger partial charge in [0.25, 0.3) is 0 Å². The van der Waals surface area contributed by atoms with E-state index in [4.69, 9.17) is 24.9 Å². The molecule has 0 amide bonds. The molecule has 0 aliphatic carbocycles. The summed E-state index contributed by atoms with van der Waals surface area (Å²) in [6, 6.07) is 156. The summed E-state index contributed by atoms with van der Waals surface area (Å²) in [6.07, 6.45) is 8.99. The van der Waals surface area contributed by atoms with Gasteiger partial charge in [-0.25, -0.2) is 24.9 Å². The molecular formula is C130H80Br10N10. The standard InChI is InChI=1S/5C26H16Br2N2/c27-18-12-10-17(11-13-18)19-14-15-25(24-9-1-2-16-29-24)30-26(19)22-7-3-6-21-20(22)5-4-8-23(21)28;27-18-12-10-17(11-13-18)26-22(14-15-25(30-26)24-9-1-2-16-29-24)20-5-3-7-21-19(20)6-4-8-23(21)28;27-18-10-8-17(9-11-18)19-13-15-25(24-7-3-4-16-29-24)30-26(19)22-12-14-23(28)21-6-2-1-5-20(21)22;27-18-10-8-17(9-11-18)26-22(13-15-25(30-26)24-7-3-4-16-29-24)20-12-14-23(28)21-6-2-1-5-19(20)21;27-21-9-6-17(7-10-21)26-23(12-13-25(30-26)24-3-1-2-14-29-24)20-5-4-19-16-22(28)11-8-18(19)15-20/h5*1-16H. The molecule has 0 N–H and O–H groups in total. The van der Waals surface area contributed by atoms with Gasteiger partial charge in [0.1, 0.15) is 0 Å². The van der Waals surface area contributed by atoms with E-state index in [9.17, 15) is 0 Å². The average molecular weight is 2580 g/mol. The topological polar surface area (TPSA) is 129 Å². The maximum absolute atomic E-state index is 5.10. The fraction of sp³-hybridized carbons (Fsp3) is 0. The molecule has 0 aliphatic rings. The van der Waals surface area contributed by atoms with Crippen LogP contribution < -0.4 is 0 Å². The molecule has 10 nitrogen and oxygen atoms in total. The van der Waals surface area contributed by atoms with Crippen molar-refractivity contribution in [2.75, 3.05) is 0 Å². The fourth-order valence-corrected chi connectivity index (χ4v) is 21.9. The third-order valence-corrected chi connectivity index (χ3v) is 31.4. The summed E-state index contributed by atoms with van der Waals surface area (Å²) in [7, 11) is 0. The largest absolute Gasteiger partial charge is 0.255 e. The van der Waals surface area contributed by atoms with Crippen LogP contribution in [-0.2, 0) is 0 Å². The van der Waals surface area contributed by atoms with Crippen molar-refractivity contribution < 1.29 is 0 Å². The maximum Gasteiger partial charge on any atom is 0.0894 e. The number of benzene rings is 15. The first-order valence-corrected chi connectivity index (χ1v) is 55.7. The van der Waals surface area contributed by atoms with Crippen LogP contribution in [0.3, 0.4) is 0 Å². The van der Waals surface area contributed by atoms with Crippen LogP contribution in [0.15, 0.2) is 531 Å². The molecule has 0 aliphatic heterocycles. The van der Waals surface area contributed by atoms with Crippen molar-refractivity contribution in [3.05, 3.63) is 531 Å². The van der Waals surface area contributed by atoms with E-state index in [1.807, 2.05) is 146 Å². The molecule has 0 saturated heterocycles. The molecule has 0 spiro atoms. The van der Waals surface area contributed by atoms with E-state index < -0.39 is 0 Å². The number of halogens is 10. The second kappa shape index (κ2) is 47.4. The Morgan fingerprint density at radius 3 is 0.720 bits per heavy atom. The number of hydrogen-bond acceptors (Lipinski definition) is 10. The van der Waals surface area contributed by atoms with Crippen molar-refractivity contribution in [3.63, 3.8) is 0 Å². The van der Waals surface area contributed by atoms with Gasteiger partial charge in [-0.1, -0.05) is 390 Å². The second-order valence-electron chi connectivity index (χ2n) is 34.8. The van der Waals surface area contributed by atoms with Gasteiger partial charge in [-0.05, 0) is 306 Å². The first-order chi connectivity index (χ1) is 73.5. The van der Waals surface area contributed by atoms with Crippen molar-refractivity contribution >= 4 is 213 Å². The highest BCUT2D eigenvalue weighted by Crippen LogP contribution is 2.47. The lowest BCUT2D eigenvalue weighted by atomic mass is 9.94. The highest BCUT2D eigenvalue weighted by atomic mass is 79.9. The summed E-state index contributed by atoms with van der Waals surface area (Å²) >= 11 is 36.0. The summed E-state index contributed by atoms with van der Waals surface area (Å²) < 4.78 is 10.7. The van der Waals surface area contributed by atoms with E-state index in [-0.39, 0.29) is 0 Å². The Hall–Kier alpha value is -14.1. The van der Waals surface area contributed by atoms with Crippen LogP contribution in [0.4, 0.5) is 0 Å². The van der Waals surface area contributed by atoms with Gasteiger partial charge in [-0.2, -0.15) is 0 Å². The van der Waals surface area contributed by atoms with Crippen LogP contribution in [0, 0.1) is 0 Å². The first-order valence-electron chi connectivity index (χ1n) is 47.8. The SMILES string of the molecule is Brc1ccc(-c2ccc(-c3ccccn3)nc2-c2ccc(Br)c3ccccc23)cc1.Brc1ccc(-c2ccc(-c3ccccn3)nc2-c2cccc3c(Br)cccc23)cc1.Brc1ccc(-c2nc(-c3ccccn3)ccc2-c2ccc(Br)c3ccccc23)cc1.Brc1ccc(-c2nc(-c3ccccn3)ccc2-c2ccc3cc(Br)ccc3c2)cc1.Brc1ccc(-c2nc(-c3ccccn3)ccc2-c2cccc3c(Br)cccc23)cc1. The summed E-state index contributed by atoms with van der Waals surface area (Å²) in [5, 5.41) is 11.8. The van der Waals surface area contributed by atoms with E-state index in [0.29, 0.717) is 0 Å². The lowest BCUT2D eigenvalue weighted by Crippen LogP contribution is -1.95. The van der Waals surface area contributed by atoms with Crippen molar-refractivity contribution in [1.82, 2.24) is 49.8 Å². The normalized spacial score (nSPS) is 11.0. The van der Waals surface area contributed by atoms with Crippen LogP contribution in [0.2, 0.25) is 0 Å². The van der Waals surface area contributed by atoms with Gasteiger partial charge in [-0.3, -0.25) is 24.9 Å². The molecule has 0 bridgehead atoms. The Bertz CT molecular complexity index is 8880. The van der Waals surface area contributed by atoms with Crippen LogP contribution in [0.5, 0.6) is 0 Å². The summed E-state index contributed by atoms with van der Waals surface area (Å²) in [5.74, 6) is 0. The van der Waals surface area contributed by atoms with Crippen molar-refractivity contribution in [2.24, 2.45) is 0 Å². The summed E-state index contributed by atoms with van der Waals surface area (Å²) in [5.41, 5.74) is 30.0. The molecule has 20 heteroatoms. The zero-order valence-corrected chi connectivity index (χ0v) is 95.3. The first kappa shape index (κ1) is 102. The maximum atomic E-state index is 5.10. The number of pyridine rings is 10. The van der Waals surface area contributed by atoms with Gasteiger partial charge >= 0.3 is 0 Å². The molecular weight excluding hydrogens is 2500 g/mol. The number of nitrogens with zero attached hydrogens (tertiary/aromatic N) is 10. The van der Waals surface area contributed by atoms with Crippen molar-refractivity contribution in [3.8, 4) is 169 Å². The van der Waals surface area contributed by atoms with Crippen LogP contribution in [0.25, 0.3) is 223 Å². The zero-order valence-electron chi connectivity index (χ0n) is 79.4. The minimum absolute atomic E-state index is 0.860. The Balaban J connectivity index is 0.000000109. The Kier molecular flexibility index (Phi) is 32.2. The number of rotatable bonds is 15. The van der Waals surface area contributed by atoms with Crippen LogP contribution in [0.1, 0.15) is 0 Å². The lowest BCUT2D eigenvalue weighted by molar-refractivity contribution is 1.25. The van der Waals surface area contributed by atoms with Crippen molar-refractivity contribution in [1.29, 1.82) is 0 Å². The van der Waals surface area contributed by atoms with Gasteiger partial charge in [0.05, 0.1) is 85.4 Å². The molecule has 10 heterocycles.